The molecule has 3 aromatic carbocycles. The molecule has 49 heavy (non-hydrogen) atoms. The molecule has 1 aromatic heterocycles. The fourth-order valence-corrected chi connectivity index (χ4v) is 8.12. The van der Waals surface area contributed by atoms with Crippen LogP contribution in [0.25, 0.3) is 22.0 Å². The molecule has 0 spiro atoms. The van der Waals surface area contributed by atoms with Gasteiger partial charge in [0.2, 0.25) is 5.91 Å². The number of fused-ring (bicyclic) bond motifs is 4. The number of amides is 2. The van der Waals surface area contributed by atoms with Gasteiger partial charge in [0.1, 0.15) is 6.61 Å². The summed E-state index contributed by atoms with van der Waals surface area (Å²) in [6, 6.07) is 25.6. The van der Waals surface area contributed by atoms with Crippen LogP contribution in [0.15, 0.2) is 79.0 Å². The third kappa shape index (κ3) is 6.86. The van der Waals surface area contributed by atoms with Crippen molar-refractivity contribution in [2.24, 2.45) is 11.8 Å². The third-order valence-corrected chi connectivity index (χ3v) is 11.0. The number of aryl methyl sites for hydroxylation is 1. The van der Waals surface area contributed by atoms with Crippen molar-refractivity contribution < 1.29 is 19.1 Å². The smallest absolute Gasteiger partial charge is 0.409 e. The summed E-state index contributed by atoms with van der Waals surface area (Å²) in [5.41, 5.74) is 7.21. The Kier molecular flexibility index (Phi) is 9.17. The molecule has 4 aromatic rings. The molecule has 2 atom stereocenters. The summed E-state index contributed by atoms with van der Waals surface area (Å²) in [5.74, 6) is 0.599. The molecule has 8 nitrogen and oxygen atoms in total. The van der Waals surface area contributed by atoms with Gasteiger partial charge < -0.3 is 29.2 Å². The molecule has 1 N–H and O–H groups in total. The lowest BCUT2D eigenvalue weighted by molar-refractivity contribution is -0.138. The predicted molar refractivity (Wildman–Crippen MR) is 191 cm³/mol. The fourth-order valence-electron chi connectivity index (χ4n) is 8.12. The van der Waals surface area contributed by atoms with Gasteiger partial charge in [-0.25, -0.2) is 4.79 Å². The van der Waals surface area contributed by atoms with Crippen molar-refractivity contribution in [2.45, 2.75) is 69.6 Å². The lowest BCUT2D eigenvalue weighted by Crippen LogP contribution is -2.55. The Hall–Kier alpha value is -4.14. The minimum absolute atomic E-state index is 0.00402. The number of likely N-dealkylation sites (tertiary alicyclic amines) is 1. The van der Waals surface area contributed by atoms with Gasteiger partial charge in [-0.3, -0.25) is 4.79 Å². The highest BCUT2D eigenvalue weighted by Gasteiger charge is 2.41. The largest absolute Gasteiger partial charge is 0.448 e. The van der Waals surface area contributed by atoms with Crippen molar-refractivity contribution in [2.75, 3.05) is 40.0 Å². The average Bonchev–Trinajstić information content (AvgIpc) is 4.08. The first-order chi connectivity index (χ1) is 24.1. The number of aromatic nitrogens is 1. The Labute approximate surface area is 289 Å². The average molecular weight is 661 g/mol. The molecule has 1 saturated heterocycles. The zero-order valence-electron chi connectivity index (χ0n) is 28.6. The molecule has 256 valence electrons. The van der Waals surface area contributed by atoms with Crippen LogP contribution in [-0.2, 0) is 27.4 Å². The topological polar surface area (TPSA) is 76.0 Å². The molecule has 1 aliphatic heterocycles. The van der Waals surface area contributed by atoms with Crippen LogP contribution in [0, 0.1) is 11.8 Å². The minimum atomic E-state index is -0.324. The Morgan fingerprint density at radius 2 is 1.61 bits per heavy atom. The summed E-state index contributed by atoms with van der Waals surface area (Å²) in [5, 5.41) is 4.93. The summed E-state index contributed by atoms with van der Waals surface area (Å²) < 4.78 is 13.7. The number of para-hydroxylation sites is 1. The van der Waals surface area contributed by atoms with E-state index >= 15 is 0 Å². The summed E-state index contributed by atoms with van der Waals surface area (Å²) in [4.78, 5) is 32.3. The Morgan fingerprint density at radius 1 is 0.898 bits per heavy atom. The number of nitrogens with one attached hydrogen (secondary N) is 1. The third-order valence-electron chi connectivity index (χ3n) is 11.0. The minimum Gasteiger partial charge on any atom is -0.448 e. The van der Waals surface area contributed by atoms with Crippen LogP contribution in [0.1, 0.15) is 61.1 Å². The molecule has 2 amide bonds. The van der Waals surface area contributed by atoms with E-state index in [-0.39, 0.29) is 42.5 Å². The van der Waals surface area contributed by atoms with Crippen molar-refractivity contribution in [3.8, 4) is 11.1 Å². The molecule has 8 rings (SSSR count). The van der Waals surface area contributed by atoms with Crippen molar-refractivity contribution >= 4 is 22.9 Å². The van der Waals surface area contributed by atoms with Crippen LogP contribution in [0.5, 0.6) is 0 Å². The van der Waals surface area contributed by atoms with E-state index in [4.69, 9.17) is 9.47 Å². The van der Waals surface area contributed by atoms with Crippen molar-refractivity contribution in [1.82, 2.24) is 19.7 Å². The van der Waals surface area contributed by atoms with Gasteiger partial charge >= 0.3 is 6.09 Å². The number of rotatable bonds is 13. The highest BCUT2D eigenvalue weighted by Crippen LogP contribution is 2.44. The van der Waals surface area contributed by atoms with E-state index in [0.717, 1.165) is 38.8 Å². The van der Waals surface area contributed by atoms with Crippen molar-refractivity contribution in [3.63, 3.8) is 0 Å². The first-order valence-corrected chi connectivity index (χ1v) is 18.3. The van der Waals surface area contributed by atoms with Gasteiger partial charge in [0.05, 0.1) is 5.92 Å². The van der Waals surface area contributed by atoms with Gasteiger partial charge in [-0.15, -0.1) is 0 Å². The molecule has 4 aliphatic rings. The van der Waals surface area contributed by atoms with Crippen molar-refractivity contribution in [3.05, 3.63) is 95.7 Å². The molecule has 8 heteroatoms. The first-order valence-electron chi connectivity index (χ1n) is 18.3. The summed E-state index contributed by atoms with van der Waals surface area (Å²) in [6.07, 6.45) is 8.15. The number of ether oxygens (including phenoxy) is 2. The second-order valence-electron chi connectivity index (χ2n) is 14.6. The van der Waals surface area contributed by atoms with E-state index in [1.165, 1.54) is 51.6 Å². The van der Waals surface area contributed by atoms with Crippen LogP contribution in [0.4, 0.5) is 4.79 Å². The molecule has 3 fully saturated rings. The molecular weight excluding hydrogens is 612 g/mol. The van der Waals surface area contributed by atoms with Gasteiger partial charge in [-0.05, 0) is 84.9 Å². The molecule has 0 bridgehead atoms. The number of benzene rings is 3. The van der Waals surface area contributed by atoms with E-state index < -0.39 is 0 Å². The number of nitrogens with zero attached hydrogens (tertiary/aromatic N) is 3. The summed E-state index contributed by atoms with van der Waals surface area (Å²) in [6.45, 7) is 4.35. The van der Waals surface area contributed by atoms with Gasteiger partial charge in [-0.1, -0.05) is 66.7 Å². The second-order valence-corrected chi connectivity index (χ2v) is 14.6. The number of carbonyl (C=O) groups is 2. The molecule has 2 saturated carbocycles. The number of hydrogen-bond donors (Lipinski definition) is 1. The van der Waals surface area contributed by atoms with Gasteiger partial charge in [-0.2, -0.15) is 0 Å². The summed E-state index contributed by atoms with van der Waals surface area (Å²) in [7, 11) is 1.74. The quantitative estimate of drug-likeness (QED) is 0.160. The van der Waals surface area contributed by atoms with E-state index in [0.29, 0.717) is 32.2 Å². The lowest BCUT2D eigenvalue weighted by Gasteiger charge is -2.39. The maximum Gasteiger partial charge on any atom is 0.409 e. The van der Waals surface area contributed by atoms with Crippen LogP contribution < -0.4 is 5.32 Å². The van der Waals surface area contributed by atoms with Crippen LogP contribution in [-0.4, -0.2) is 78.4 Å². The molecular formula is C41H48N4O4. The van der Waals surface area contributed by atoms with Crippen molar-refractivity contribution in [1.29, 1.82) is 0 Å². The number of methoxy groups -OCH3 is 1. The van der Waals surface area contributed by atoms with E-state index in [2.05, 4.69) is 93.8 Å². The first kappa shape index (κ1) is 32.1. The zero-order valence-corrected chi connectivity index (χ0v) is 28.6. The monoisotopic (exact) mass is 660 g/mol. The maximum atomic E-state index is 14.5. The molecule has 0 radical (unpaired) electrons. The fraction of sp³-hybridized carbons (Fsp3) is 0.463. The van der Waals surface area contributed by atoms with Crippen LogP contribution in [0.2, 0.25) is 0 Å². The van der Waals surface area contributed by atoms with E-state index in [9.17, 15) is 9.59 Å². The lowest BCUT2D eigenvalue weighted by atomic mass is 9.92. The SMILES string of the molecule is COCCCn1cc(CN(C(=O)[C@@H]2C[C@H](NCC3CC3)CN(C(=O)OCC3c4ccccc4-c4ccccc43)C2)C2CC2)c2ccccc21. The Morgan fingerprint density at radius 3 is 2.33 bits per heavy atom. The van der Waals surface area contributed by atoms with Gasteiger partial charge in [0.25, 0.3) is 0 Å². The highest BCUT2D eigenvalue weighted by molar-refractivity contribution is 5.86. The second kappa shape index (κ2) is 14.0. The molecule has 2 heterocycles. The Balaban J connectivity index is 0.991. The molecule has 3 aliphatic carbocycles. The number of piperidine rings is 1. The van der Waals surface area contributed by atoms with Crippen LogP contribution >= 0.6 is 0 Å². The Bertz CT molecular complexity index is 1760. The van der Waals surface area contributed by atoms with Crippen LogP contribution in [0.3, 0.4) is 0 Å². The zero-order chi connectivity index (χ0) is 33.3. The number of carbonyl (C=O) groups excluding carboxylic acids is 2. The van der Waals surface area contributed by atoms with E-state index in [1.807, 2.05) is 0 Å². The molecule has 0 unspecified atom stereocenters. The summed E-state index contributed by atoms with van der Waals surface area (Å²) >= 11 is 0. The van der Waals surface area contributed by atoms with E-state index in [1.54, 1.807) is 12.0 Å². The van der Waals surface area contributed by atoms with Gasteiger partial charge in [0, 0.05) is 75.0 Å². The highest BCUT2D eigenvalue weighted by atomic mass is 16.6. The normalized spacial score (nSPS) is 20.3. The maximum absolute atomic E-state index is 14.5. The standard InChI is InChI=1S/C41H48N4O4/c1-48-20-8-19-43-24-30(33-9-6-7-14-39(33)43)25-45(32-17-18-32)40(46)29-21-31(42-22-28-15-16-28)26-44(23-29)41(47)49-27-38-36-12-4-2-10-34(36)35-11-3-5-13-37(35)38/h2-7,9-14,24,28-29,31-32,38,42H,8,15-23,25-27H2,1H3/t29-,31+/m1/s1. The number of hydrogen-bond acceptors (Lipinski definition) is 5. The predicted octanol–water partition coefficient (Wildman–Crippen LogP) is 6.81. The van der Waals surface area contributed by atoms with Gasteiger partial charge in [0.15, 0.2) is 0 Å².